The summed E-state index contributed by atoms with van der Waals surface area (Å²) in [4.78, 5) is 12.4. The van der Waals surface area contributed by atoms with Crippen LogP contribution in [0.15, 0.2) is 53.4 Å². The lowest BCUT2D eigenvalue weighted by molar-refractivity contribution is 0.589. The van der Waals surface area contributed by atoms with E-state index in [-0.39, 0.29) is 4.90 Å². The van der Waals surface area contributed by atoms with Crippen molar-refractivity contribution in [2.75, 3.05) is 23.7 Å². The van der Waals surface area contributed by atoms with Crippen LogP contribution in [0, 0.1) is 34.6 Å². The molecule has 0 aliphatic heterocycles. The summed E-state index contributed by atoms with van der Waals surface area (Å²) in [6.07, 6.45) is 0. The number of fused-ring (bicyclic) bond motifs is 2. The predicted octanol–water partition coefficient (Wildman–Crippen LogP) is 6.24. The minimum absolute atomic E-state index is 0.254. The van der Waals surface area contributed by atoms with Gasteiger partial charge in [0.2, 0.25) is 11.9 Å². The van der Waals surface area contributed by atoms with Gasteiger partial charge in [-0.1, -0.05) is 17.7 Å². The maximum Gasteiger partial charge on any atom is 0.271 e. The van der Waals surface area contributed by atoms with Gasteiger partial charge in [-0.25, -0.2) is 22.4 Å². The lowest BCUT2D eigenvalue weighted by atomic mass is 10.1. The minimum Gasteiger partial charge on any atom is -0.356 e. The summed E-state index contributed by atoms with van der Waals surface area (Å²) >= 11 is 0. The first-order valence-corrected chi connectivity index (χ1v) is 14.3. The fourth-order valence-corrected chi connectivity index (χ4v) is 5.59. The van der Waals surface area contributed by atoms with Gasteiger partial charge in [0, 0.05) is 13.1 Å². The molecule has 0 atom stereocenters. The van der Waals surface area contributed by atoms with Crippen molar-refractivity contribution in [2.45, 2.75) is 53.4 Å². The number of anilines is 2. The zero-order valence-electron chi connectivity index (χ0n) is 23.1. The van der Waals surface area contributed by atoms with Gasteiger partial charge in [0.15, 0.2) is 0 Å². The van der Waals surface area contributed by atoms with Crippen LogP contribution >= 0.6 is 0 Å². The van der Waals surface area contributed by atoms with Crippen LogP contribution in [-0.2, 0) is 10.0 Å². The first kappa shape index (κ1) is 27.2. The lowest BCUT2D eigenvalue weighted by Crippen LogP contribution is -2.16. The van der Waals surface area contributed by atoms with Gasteiger partial charge in [0.05, 0.1) is 27.0 Å². The van der Waals surface area contributed by atoms with E-state index >= 15 is 0 Å². The van der Waals surface area contributed by atoms with Gasteiger partial charge in [-0.2, -0.15) is 0 Å². The molecule has 0 radical (unpaired) electrons. The zero-order valence-corrected chi connectivity index (χ0v) is 23.9. The molecule has 0 fully saturated rings. The number of aromatic amines is 1. The summed E-state index contributed by atoms with van der Waals surface area (Å²) in [5, 5.41) is 6.23. The molecule has 2 aromatic heterocycles. The Morgan fingerprint density at radius 2 is 1.34 bits per heavy atom. The Kier molecular flexibility index (Phi) is 7.78. The highest BCUT2D eigenvalue weighted by Gasteiger charge is 2.24. The number of rotatable bonds is 6. The minimum atomic E-state index is -3.73. The van der Waals surface area contributed by atoms with Gasteiger partial charge >= 0.3 is 0 Å². The Morgan fingerprint density at radius 3 is 1.97 bits per heavy atom. The smallest absolute Gasteiger partial charge is 0.271 e. The van der Waals surface area contributed by atoms with Crippen LogP contribution in [0.4, 0.5) is 11.9 Å². The molecule has 0 unspecified atom stereocenters. The highest BCUT2D eigenvalue weighted by Crippen LogP contribution is 2.28. The average Bonchev–Trinajstić information content (AvgIpc) is 3.41. The second-order valence-corrected chi connectivity index (χ2v) is 11.3. The Balaban J connectivity index is 0.000000204. The van der Waals surface area contributed by atoms with Gasteiger partial charge in [0.25, 0.3) is 10.0 Å². The number of hydrogen-bond donors (Lipinski definition) is 3. The molecule has 0 aliphatic carbocycles. The normalized spacial score (nSPS) is 11.4. The predicted molar refractivity (Wildman–Crippen MR) is 157 cm³/mol. The van der Waals surface area contributed by atoms with Crippen molar-refractivity contribution >= 4 is 44.0 Å². The third-order valence-electron chi connectivity index (χ3n) is 6.56. The molecule has 2 heterocycles. The number of aryl methyl sites for hydroxylation is 5. The van der Waals surface area contributed by atoms with Crippen molar-refractivity contribution in [3.05, 3.63) is 76.3 Å². The Labute approximate surface area is 224 Å². The number of H-pyrrole nitrogens is 1. The van der Waals surface area contributed by atoms with Gasteiger partial charge in [-0.15, -0.1) is 0 Å². The molecule has 0 aliphatic rings. The number of nitrogens with zero attached hydrogens (tertiary/aromatic N) is 3. The van der Waals surface area contributed by atoms with Crippen LogP contribution in [0.25, 0.3) is 22.1 Å². The molecule has 0 spiro atoms. The van der Waals surface area contributed by atoms with Crippen LogP contribution in [0.1, 0.15) is 41.7 Å². The van der Waals surface area contributed by atoms with E-state index in [0.29, 0.717) is 23.5 Å². The first-order chi connectivity index (χ1) is 18.0. The molecule has 3 aromatic carbocycles. The molecular weight excluding hydrogens is 496 g/mol. The van der Waals surface area contributed by atoms with Crippen LogP contribution in [0.5, 0.6) is 0 Å². The fraction of sp³-hybridized carbons (Fsp3) is 0.310. The van der Waals surface area contributed by atoms with E-state index in [9.17, 15) is 8.42 Å². The standard InChI is InChI=1S/C18H21N3O2S.C11H15N3/c1-5-19-18-20-16-10-13(3)14(4)11-17(16)21(18)24(22,23)15-8-6-12(2)7-9-15;1-4-12-11-13-9-5-7(2)8(3)6-10(9)14-11/h6-11H,5H2,1-4H3,(H,19,20);5-6H,4H2,1-3H3,(H2,12,13,14). The number of aromatic nitrogens is 4. The lowest BCUT2D eigenvalue weighted by Gasteiger charge is -2.11. The molecule has 9 heteroatoms. The van der Waals surface area contributed by atoms with Crippen LogP contribution < -0.4 is 10.6 Å². The molecule has 0 saturated carbocycles. The quantitative estimate of drug-likeness (QED) is 0.239. The van der Waals surface area contributed by atoms with Crippen molar-refractivity contribution in [1.29, 1.82) is 0 Å². The molecule has 5 rings (SSSR count). The first-order valence-electron chi connectivity index (χ1n) is 12.8. The highest BCUT2D eigenvalue weighted by atomic mass is 32.2. The fourth-order valence-electron chi connectivity index (χ4n) is 4.16. The second-order valence-electron chi connectivity index (χ2n) is 9.54. The SMILES string of the molecule is CCNc1nc2cc(C)c(C)cc2[nH]1.CCNc1nc2cc(C)c(C)cc2n1S(=O)(=O)c1ccc(C)cc1. The van der Waals surface area contributed by atoms with Crippen molar-refractivity contribution in [3.8, 4) is 0 Å². The summed E-state index contributed by atoms with van der Waals surface area (Å²) in [5.74, 6) is 1.20. The van der Waals surface area contributed by atoms with Gasteiger partial charge in [-0.3, -0.25) is 0 Å². The van der Waals surface area contributed by atoms with Crippen LogP contribution in [-0.4, -0.2) is 40.4 Å². The van der Waals surface area contributed by atoms with Gasteiger partial charge in [0.1, 0.15) is 0 Å². The number of benzene rings is 3. The Bertz CT molecular complexity index is 1660. The Morgan fingerprint density at radius 1 is 0.763 bits per heavy atom. The maximum absolute atomic E-state index is 13.2. The van der Waals surface area contributed by atoms with E-state index in [1.807, 2.05) is 39.8 Å². The molecule has 5 aromatic rings. The van der Waals surface area contributed by atoms with Crippen molar-refractivity contribution in [1.82, 2.24) is 18.9 Å². The van der Waals surface area contributed by atoms with E-state index in [1.165, 1.54) is 15.1 Å². The van der Waals surface area contributed by atoms with E-state index in [4.69, 9.17) is 0 Å². The van der Waals surface area contributed by atoms with Crippen LogP contribution in [0.3, 0.4) is 0 Å². The zero-order chi connectivity index (χ0) is 27.6. The maximum atomic E-state index is 13.2. The monoisotopic (exact) mass is 532 g/mol. The molecular formula is C29H36N6O2S. The average molecular weight is 533 g/mol. The largest absolute Gasteiger partial charge is 0.356 e. The van der Waals surface area contributed by atoms with Crippen molar-refractivity contribution in [3.63, 3.8) is 0 Å². The molecule has 0 amide bonds. The highest BCUT2D eigenvalue weighted by molar-refractivity contribution is 7.90. The van der Waals surface area contributed by atoms with Crippen molar-refractivity contribution in [2.24, 2.45) is 0 Å². The molecule has 8 nitrogen and oxygen atoms in total. The number of hydrogen-bond acceptors (Lipinski definition) is 6. The Hall–Kier alpha value is -3.85. The number of imidazole rings is 2. The van der Waals surface area contributed by atoms with Crippen LogP contribution in [0.2, 0.25) is 0 Å². The van der Waals surface area contributed by atoms with E-state index < -0.39 is 10.0 Å². The van der Waals surface area contributed by atoms with Crippen molar-refractivity contribution < 1.29 is 8.42 Å². The molecule has 0 bridgehead atoms. The molecule has 0 saturated heterocycles. The third-order valence-corrected chi connectivity index (χ3v) is 8.28. The third kappa shape index (κ3) is 5.38. The number of nitrogens with one attached hydrogen (secondary N) is 3. The molecule has 3 N–H and O–H groups in total. The van der Waals surface area contributed by atoms with E-state index in [1.54, 1.807) is 24.3 Å². The summed E-state index contributed by atoms with van der Waals surface area (Å²) in [6, 6.07) is 14.9. The van der Waals surface area contributed by atoms with E-state index in [2.05, 4.69) is 58.5 Å². The topological polar surface area (TPSA) is 105 Å². The van der Waals surface area contributed by atoms with Gasteiger partial charge < -0.3 is 15.6 Å². The summed E-state index contributed by atoms with van der Waals surface area (Å²) in [6.45, 7) is 15.6. The second kappa shape index (κ2) is 10.9. The molecule has 200 valence electrons. The summed E-state index contributed by atoms with van der Waals surface area (Å²) in [7, 11) is -3.73. The van der Waals surface area contributed by atoms with Gasteiger partial charge in [-0.05, 0) is 107 Å². The summed E-state index contributed by atoms with van der Waals surface area (Å²) in [5.41, 5.74) is 9.11. The summed E-state index contributed by atoms with van der Waals surface area (Å²) < 4.78 is 27.7. The molecule has 38 heavy (non-hydrogen) atoms. The van der Waals surface area contributed by atoms with E-state index in [0.717, 1.165) is 40.2 Å².